The van der Waals surface area contributed by atoms with E-state index in [1.807, 2.05) is 4.90 Å². The Balaban J connectivity index is 1.68. The summed E-state index contributed by atoms with van der Waals surface area (Å²) in [6.45, 7) is 1.17. The zero-order valence-electron chi connectivity index (χ0n) is 14.0. The van der Waals surface area contributed by atoms with E-state index in [1.165, 1.54) is 18.2 Å². The monoisotopic (exact) mass is 390 g/mol. The first-order chi connectivity index (χ1) is 13.0. The smallest absolute Gasteiger partial charge is 0.205 e. The number of benzene rings is 1. The molecule has 1 aliphatic heterocycles. The van der Waals surface area contributed by atoms with E-state index in [4.69, 9.17) is 11.6 Å². The van der Waals surface area contributed by atoms with Crippen molar-refractivity contribution >= 4 is 40.2 Å². The lowest BCUT2D eigenvalue weighted by atomic mass is 10.2. The van der Waals surface area contributed by atoms with Gasteiger partial charge in [-0.25, -0.2) is 9.37 Å². The molecule has 10 heteroatoms. The number of aromatic amines is 1. The van der Waals surface area contributed by atoms with Crippen LogP contribution in [0.1, 0.15) is 12.0 Å². The third-order valence-electron chi connectivity index (χ3n) is 4.38. The van der Waals surface area contributed by atoms with Crippen LogP contribution in [0.25, 0.3) is 11.2 Å². The summed E-state index contributed by atoms with van der Waals surface area (Å²) in [5, 5.41) is 25.4. The number of nitrogens with one attached hydrogen (secondary N) is 2. The fourth-order valence-electron chi connectivity index (χ4n) is 3.04. The molecule has 0 saturated carbocycles. The molecule has 0 aliphatic carbocycles. The van der Waals surface area contributed by atoms with E-state index in [0.717, 1.165) is 0 Å². The number of pyridine rings is 1. The molecule has 1 unspecified atom stereocenters. The molecule has 0 amide bonds. The van der Waals surface area contributed by atoms with Crippen LogP contribution in [-0.2, 0) is 0 Å². The van der Waals surface area contributed by atoms with E-state index in [9.17, 15) is 14.7 Å². The molecule has 3 aromatic rings. The lowest BCUT2D eigenvalue weighted by molar-refractivity contribution is 0.198. The number of halogens is 2. The van der Waals surface area contributed by atoms with Crippen molar-refractivity contribution in [3.05, 3.63) is 46.9 Å². The molecule has 0 spiro atoms. The number of β-amino-alcohol motifs (C(OH)–C–C–N with tert-alkyl or cyclic N) is 1. The van der Waals surface area contributed by atoms with Crippen molar-refractivity contribution in [3.8, 4) is 0 Å². The van der Waals surface area contributed by atoms with Gasteiger partial charge in [-0.1, -0.05) is 16.8 Å². The van der Waals surface area contributed by atoms with Crippen LogP contribution in [0.2, 0.25) is 5.02 Å². The van der Waals surface area contributed by atoms with E-state index in [0.29, 0.717) is 47.9 Å². The van der Waals surface area contributed by atoms with Crippen LogP contribution in [0.3, 0.4) is 0 Å². The maximum absolute atomic E-state index is 13.3. The van der Waals surface area contributed by atoms with Crippen LogP contribution in [0.5, 0.6) is 0 Å². The van der Waals surface area contributed by atoms with Crippen molar-refractivity contribution in [2.45, 2.75) is 12.5 Å². The van der Waals surface area contributed by atoms with Crippen molar-refractivity contribution < 1.29 is 14.7 Å². The van der Waals surface area contributed by atoms with Crippen molar-refractivity contribution in [1.29, 1.82) is 0 Å². The highest BCUT2D eigenvalue weighted by Crippen LogP contribution is 2.24. The highest BCUT2D eigenvalue weighted by molar-refractivity contribution is 6.31. The number of anilines is 2. The van der Waals surface area contributed by atoms with E-state index in [2.05, 4.69) is 25.4 Å². The van der Waals surface area contributed by atoms with Crippen LogP contribution >= 0.6 is 11.6 Å². The number of H-pyrrole nitrogens is 1. The predicted molar refractivity (Wildman–Crippen MR) is 100 cm³/mol. The van der Waals surface area contributed by atoms with E-state index in [1.54, 1.807) is 12.3 Å². The zero-order valence-corrected chi connectivity index (χ0v) is 14.8. The molecule has 1 aliphatic rings. The van der Waals surface area contributed by atoms with Crippen LogP contribution in [-0.4, -0.2) is 50.3 Å². The molecule has 8 nitrogen and oxygen atoms in total. The predicted octanol–water partition coefficient (Wildman–Crippen LogP) is 2.57. The summed E-state index contributed by atoms with van der Waals surface area (Å²) in [4.78, 5) is 13.8. The molecular formula is C17H16ClFN6O2. The third-order valence-corrected chi connectivity index (χ3v) is 4.67. The first kappa shape index (κ1) is 17.5. The first-order valence-electron chi connectivity index (χ1n) is 8.27. The van der Waals surface area contributed by atoms with Gasteiger partial charge in [-0.2, -0.15) is 4.98 Å². The molecule has 1 aromatic carbocycles. The highest BCUT2D eigenvalue weighted by Gasteiger charge is 2.24. The fourth-order valence-corrected chi connectivity index (χ4v) is 3.22. The molecule has 1 atom stereocenters. The first-order valence-corrected chi connectivity index (χ1v) is 8.65. The van der Waals surface area contributed by atoms with Gasteiger partial charge in [0.1, 0.15) is 5.82 Å². The minimum absolute atomic E-state index is 0.0476. The second-order valence-electron chi connectivity index (χ2n) is 6.21. The largest absolute Gasteiger partial charge is 0.409 e. The standard InChI is InChI=1S/C17H16ClFN6O2/c18-12-7-9(1-2-13(12)19)21-15(24-27)11-3-5-20-16-14(11)22-17(23-16)25-6-4-10(26)8-25/h1-3,5,7,10,26-27H,4,6,8H2,(H,21,24)(H,20,22,23). The fraction of sp³-hybridized carbons (Fsp3) is 0.235. The summed E-state index contributed by atoms with van der Waals surface area (Å²) in [6, 6.07) is 5.75. The second kappa shape index (κ2) is 7.01. The maximum atomic E-state index is 13.3. The third kappa shape index (κ3) is 3.38. The Morgan fingerprint density at radius 2 is 2.26 bits per heavy atom. The summed E-state index contributed by atoms with van der Waals surface area (Å²) in [7, 11) is 0. The Hall–Kier alpha value is -2.91. The molecule has 4 N–H and O–H groups in total. The Morgan fingerprint density at radius 1 is 1.41 bits per heavy atom. The Kier molecular flexibility index (Phi) is 4.54. The summed E-state index contributed by atoms with van der Waals surface area (Å²) in [5.74, 6) is 0.173. The lowest BCUT2D eigenvalue weighted by Gasteiger charge is -2.13. The molecule has 4 rings (SSSR count). The van der Waals surface area contributed by atoms with Crippen molar-refractivity contribution in [2.24, 2.45) is 5.16 Å². The molecule has 3 heterocycles. The summed E-state index contributed by atoms with van der Waals surface area (Å²) in [5.41, 5.74) is 2.01. The second-order valence-corrected chi connectivity index (χ2v) is 6.62. The zero-order chi connectivity index (χ0) is 19.0. The molecule has 1 saturated heterocycles. The number of fused-ring (bicyclic) bond motifs is 1. The van der Waals surface area contributed by atoms with Crippen molar-refractivity contribution in [2.75, 3.05) is 23.3 Å². The minimum atomic E-state index is -0.540. The van der Waals surface area contributed by atoms with E-state index >= 15 is 0 Å². The lowest BCUT2D eigenvalue weighted by Crippen LogP contribution is -2.22. The highest BCUT2D eigenvalue weighted by atomic mass is 35.5. The number of imidazole rings is 1. The Bertz CT molecular complexity index is 1020. The molecule has 27 heavy (non-hydrogen) atoms. The van der Waals surface area contributed by atoms with Gasteiger partial charge in [0.25, 0.3) is 0 Å². The van der Waals surface area contributed by atoms with Crippen molar-refractivity contribution in [1.82, 2.24) is 15.0 Å². The number of aliphatic hydroxyl groups is 1. The number of aliphatic hydroxyl groups excluding tert-OH is 1. The number of hydrogen-bond acceptors (Lipinski definition) is 6. The van der Waals surface area contributed by atoms with Crippen LogP contribution in [0.4, 0.5) is 16.0 Å². The number of aromatic nitrogens is 3. The number of hydrogen-bond donors (Lipinski definition) is 4. The van der Waals surface area contributed by atoms with Gasteiger partial charge < -0.3 is 25.5 Å². The van der Waals surface area contributed by atoms with Gasteiger partial charge in [0, 0.05) is 30.5 Å². The molecular weight excluding hydrogens is 375 g/mol. The normalized spacial score (nSPS) is 17.7. The SMILES string of the molecule is ON=C(Nc1ccc(F)c(Cl)c1)c1ccnc2nc(N3CCC(O)C3)[nH]c12. The molecule has 140 valence electrons. The number of nitrogens with zero attached hydrogens (tertiary/aromatic N) is 4. The van der Waals surface area contributed by atoms with Crippen LogP contribution in [0.15, 0.2) is 35.6 Å². The molecule has 1 fully saturated rings. The van der Waals surface area contributed by atoms with Gasteiger partial charge in [0.2, 0.25) is 5.95 Å². The number of oxime groups is 1. The topological polar surface area (TPSA) is 110 Å². The van der Waals surface area contributed by atoms with Crippen LogP contribution < -0.4 is 10.2 Å². The van der Waals surface area contributed by atoms with Gasteiger partial charge in [-0.05, 0) is 30.7 Å². The number of amidine groups is 1. The summed E-state index contributed by atoms with van der Waals surface area (Å²) in [6.07, 6.45) is 1.84. The van der Waals surface area contributed by atoms with Crippen LogP contribution in [0, 0.1) is 5.82 Å². The summed E-state index contributed by atoms with van der Waals surface area (Å²) >= 11 is 5.80. The average Bonchev–Trinajstić information content (AvgIpc) is 3.28. The Morgan fingerprint density at radius 3 is 2.96 bits per heavy atom. The minimum Gasteiger partial charge on any atom is -0.409 e. The van der Waals surface area contributed by atoms with Gasteiger partial charge in [0.15, 0.2) is 11.5 Å². The maximum Gasteiger partial charge on any atom is 0.205 e. The van der Waals surface area contributed by atoms with Gasteiger partial charge in [-0.15, -0.1) is 0 Å². The van der Waals surface area contributed by atoms with Gasteiger partial charge in [0.05, 0.1) is 16.6 Å². The number of rotatable bonds is 3. The molecule has 0 radical (unpaired) electrons. The quantitative estimate of drug-likeness (QED) is 0.237. The van der Waals surface area contributed by atoms with E-state index in [-0.39, 0.29) is 17.0 Å². The molecule has 0 bridgehead atoms. The van der Waals surface area contributed by atoms with Crippen molar-refractivity contribution in [3.63, 3.8) is 0 Å². The van der Waals surface area contributed by atoms with E-state index < -0.39 is 5.82 Å². The molecule has 2 aromatic heterocycles. The summed E-state index contributed by atoms with van der Waals surface area (Å²) < 4.78 is 13.3. The Labute approximate surface area is 158 Å². The average molecular weight is 391 g/mol. The van der Waals surface area contributed by atoms with Gasteiger partial charge in [-0.3, -0.25) is 0 Å². The van der Waals surface area contributed by atoms with Gasteiger partial charge >= 0.3 is 0 Å².